The summed E-state index contributed by atoms with van der Waals surface area (Å²) in [5.74, 6) is -0.879. The Bertz CT molecular complexity index is 1300. The average Bonchev–Trinajstić information content (AvgIpc) is 3.33. The Hall–Kier alpha value is -3.48. The monoisotopic (exact) mass is 490 g/mol. The van der Waals surface area contributed by atoms with Crippen molar-refractivity contribution in [1.29, 1.82) is 0 Å². The van der Waals surface area contributed by atoms with E-state index in [-0.39, 0.29) is 12.5 Å². The minimum absolute atomic E-state index is 0.314. The zero-order valence-corrected chi connectivity index (χ0v) is 20.4. The molecule has 1 heterocycles. The van der Waals surface area contributed by atoms with E-state index in [4.69, 9.17) is 16.3 Å². The van der Waals surface area contributed by atoms with Gasteiger partial charge in [-0.25, -0.2) is 9.78 Å². The SMILES string of the molecule is Cc1ccc(C(=O)OCC(=O)N(Cc2ccccc2)c2nc(-c3ccc(Cl)cc3)cs2)cc1C. The lowest BCUT2D eigenvalue weighted by atomic mass is 10.1. The largest absolute Gasteiger partial charge is 0.452 e. The number of rotatable bonds is 7. The summed E-state index contributed by atoms with van der Waals surface area (Å²) in [6.45, 7) is 3.84. The normalized spacial score (nSPS) is 10.7. The molecule has 0 unspecified atom stereocenters. The van der Waals surface area contributed by atoms with Crippen LogP contribution in [-0.2, 0) is 16.1 Å². The first-order chi connectivity index (χ1) is 16.4. The molecule has 0 atom stereocenters. The number of ether oxygens (including phenoxy) is 1. The molecule has 7 heteroatoms. The summed E-state index contributed by atoms with van der Waals surface area (Å²) in [6.07, 6.45) is 0. The van der Waals surface area contributed by atoms with E-state index >= 15 is 0 Å². The number of halogens is 1. The van der Waals surface area contributed by atoms with Crippen LogP contribution in [0.5, 0.6) is 0 Å². The molecule has 0 aliphatic rings. The topological polar surface area (TPSA) is 59.5 Å². The van der Waals surface area contributed by atoms with E-state index in [1.165, 1.54) is 11.3 Å². The van der Waals surface area contributed by atoms with Gasteiger partial charge in [0, 0.05) is 16.0 Å². The van der Waals surface area contributed by atoms with Gasteiger partial charge in [0.2, 0.25) is 0 Å². The van der Waals surface area contributed by atoms with E-state index in [0.29, 0.717) is 22.3 Å². The van der Waals surface area contributed by atoms with Crippen molar-refractivity contribution in [3.05, 3.63) is 105 Å². The predicted molar refractivity (Wildman–Crippen MR) is 136 cm³/mol. The van der Waals surface area contributed by atoms with Crippen LogP contribution < -0.4 is 4.90 Å². The zero-order valence-electron chi connectivity index (χ0n) is 18.8. The standard InChI is InChI=1S/C27H23ClN2O3S/c1-18-8-9-22(14-19(18)2)26(32)33-16-25(31)30(15-20-6-4-3-5-7-20)27-29-24(17-34-27)21-10-12-23(28)13-11-21/h3-14,17H,15-16H2,1-2H3. The molecule has 0 spiro atoms. The van der Waals surface area contributed by atoms with E-state index in [9.17, 15) is 9.59 Å². The van der Waals surface area contributed by atoms with Crippen LogP contribution in [0.2, 0.25) is 5.02 Å². The number of hydrogen-bond acceptors (Lipinski definition) is 5. The first kappa shape index (κ1) is 23.7. The quantitative estimate of drug-likeness (QED) is 0.278. The molecule has 1 amide bonds. The van der Waals surface area contributed by atoms with Crippen molar-refractivity contribution in [1.82, 2.24) is 4.98 Å². The number of amides is 1. The van der Waals surface area contributed by atoms with Gasteiger partial charge in [0.1, 0.15) is 0 Å². The van der Waals surface area contributed by atoms with Crippen LogP contribution in [0, 0.1) is 13.8 Å². The van der Waals surface area contributed by atoms with Crippen molar-refractivity contribution in [3.8, 4) is 11.3 Å². The fourth-order valence-corrected chi connectivity index (χ4v) is 4.30. The second-order valence-electron chi connectivity index (χ2n) is 7.86. The van der Waals surface area contributed by atoms with Crippen molar-refractivity contribution >= 4 is 39.9 Å². The number of aromatic nitrogens is 1. The van der Waals surface area contributed by atoms with Crippen LogP contribution in [0.1, 0.15) is 27.0 Å². The first-order valence-corrected chi connectivity index (χ1v) is 12.0. The maximum Gasteiger partial charge on any atom is 0.338 e. The van der Waals surface area contributed by atoms with Gasteiger partial charge in [0.25, 0.3) is 5.91 Å². The van der Waals surface area contributed by atoms with E-state index < -0.39 is 5.97 Å². The molecule has 1 aromatic heterocycles. The predicted octanol–water partition coefficient (Wildman–Crippen LogP) is 6.47. The molecule has 4 rings (SSSR count). The van der Waals surface area contributed by atoms with Gasteiger partial charge in [0.15, 0.2) is 11.7 Å². The highest BCUT2D eigenvalue weighted by Crippen LogP contribution is 2.29. The summed E-state index contributed by atoms with van der Waals surface area (Å²) in [7, 11) is 0. The molecular weight excluding hydrogens is 468 g/mol. The third-order valence-corrected chi connectivity index (χ3v) is 6.53. The molecule has 0 aliphatic carbocycles. The number of thiazole rings is 1. The van der Waals surface area contributed by atoms with E-state index in [1.807, 2.05) is 67.8 Å². The van der Waals surface area contributed by atoms with E-state index in [1.54, 1.807) is 29.2 Å². The Morgan fingerprint density at radius 3 is 2.41 bits per heavy atom. The summed E-state index contributed by atoms with van der Waals surface area (Å²) in [5, 5.41) is 3.07. The van der Waals surface area contributed by atoms with Crippen LogP contribution in [0.15, 0.2) is 78.2 Å². The molecule has 0 fully saturated rings. The Morgan fingerprint density at radius 1 is 0.971 bits per heavy atom. The Morgan fingerprint density at radius 2 is 1.71 bits per heavy atom. The third kappa shape index (κ3) is 5.71. The van der Waals surface area contributed by atoms with Gasteiger partial charge in [-0.1, -0.05) is 60.1 Å². The molecule has 3 aromatic carbocycles. The molecule has 0 N–H and O–H groups in total. The van der Waals surface area contributed by atoms with Gasteiger partial charge < -0.3 is 4.74 Å². The highest BCUT2D eigenvalue weighted by Gasteiger charge is 2.22. The maximum absolute atomic E-state index is 13.2. The van der Waals surface area contributed by atoms with Crippen LogP contribution in [0.25, 0.3) is 11.3 Å². The smallest absolute Gasteiger partial charge is 0.338 e. The summed E-state index contributed by atoms with van der Waals surface area (Å²) in [4.78, 5) is 31.9. The number of esters is 1. The van der Waals surface area contributed by atoms with Crippen LogP contribution in [-0.4, -0.2) is 23.5 Å². The number of carbonyl (C=O) groups is 2. The van der Waals surface area contributed by atoms with Crippen molar-refractivity contribution in [2.75, 3.05) is 11.5 Å². The third-order valence-electron chi connectivity index (χ3n) is 5.42. The molecule has 0 saturated heterocycles. The average molecular weight is 491 g/mol. The van der Waals surface area contributed by atoms with Gasteiger partial charge in [0.05, 0.1) is 17.8 Å². The zero-order chi connectivity index (χ0) is 24.1. The Labute approximate surface area is 207 Å². The molecule has 0 bridgehead atoms. The van der Waals surface area contributed by atoms with E-state index in [2.05, 4.69) is 4.98 Å². The number of hydrogen-bond donors (Lipinski definition) is 0. The molecule has 0 aliphatic heterocycles. The minimum Gasteiger partial charge on any atom is -0.452 e. The molecule has 4 aromatic rings. The fraction of sp³-hybridized carbons (Fsp3) is 0.148. The molecule has 0 radical (unpaired) electrons. The number of anilines is 1. The van der Waals surface area contributed by atoms with Gasteiger partial charge >= 0.3 is 5.97 Å². The summed E-state index contributed by atoms with van der Waals surface area (Å²) >= 11 is 7.35. The van der Waals surface area contributed by atoms with Gasteiger partial charge in [-0.2, -0.15) is 0 Å². The molecular formula is C27H23ClN2O3S. The summed E-state index contributed by atoms with van der Waals surface area (Å²) in [5.41, 5.74) is 5.09. The molecule has 172 valence electrons. The number of nitrogens with zero attached hydrogens (tertiary/aromatic N) is 2. The second-order valence-corrected chi connectivity index (χ2v) is 9.14. The van der Waals surface area contributed by atoms with Gasteiger partial charge in [-0.15, -0.1) is 11.3 Å². The Kier molecular flexibility index (Phi) is 7.40. The van der Waals surface area contributed by atoms with Crippen molar-refractivity contribution in [2.45, 2.75) is 20.4 Å². The highest BCUT2D eigenvalue weighted by atomic mass is 35.5. The van der Waals surface area contributed by atoms with Gasteiger partial charge in [-0.05, 0) is 54.8 Å². The van der Waals surface area contributed by atoms with Crippen molar-refractivity contribution in [2.24, 2.45) is 0 Å². The highest BCUT2D eigenvalue weighted by molar-refractivity contribution is 7.14. The van der Waals surface area contributed by atoms with Gasteiger partial charge in [-0.3, -0.25) is 9.69 Å². The summed E-state index contributed by atoms with van der Waals surface area (Å²) < 4.78 is 5.36. The maximum atomic E-state index is 13.2. The fourth-order valence-electron chi connectivity index (χ4n) is 3.33. The van der Waals surface area contributed by atoms with E-state index in [0.717, 1.165) is 27.9 Å². The van der Waals surface area contributed by atoms with Crippen molar-refractivity contribution in [3.63, 3.8) is 0 Å². The van der Waals surface area contributed by atoms with Crippen LogP contribution >= 0.6 is 22.9 Å². The molecule has 0 saturated carbocycles. The lowest BCUT2D eigenvalue weighted by Crippen LogP contribution is -2.34. The van der Waals surface area contributed by atoms with Crippen LogP contribution in [0.3, 0.4) is 0 Å². The number of benzene rings is 3. The Balaban J connectivity index is 1.53. The first-order valence-electron chi connectivity index (χ1n) is 10.7. The lowest BCUT2D eigenvalue weighted by molar-refractivity contribution is -0.121. The number of aryl methyl sites for hydroxylation is 2. The van der Waals surface area contributed by atoms with Crippen LogP contribution in [0.4, 0.5) is 5.13 Å². The minimum atomic E-state index is -0.530. The lowest BCUT2D eigenvalue weighted by Gasteiger charge is -2.20. The summed E-state index contributed by atoms with van der Waals surface area (Å²) in [6, 6.07) is 22.3. The van der Waals surface area contributed by atoms with Crippen molar-refractivity contribution < 1.29 is 14.3 Å². The molecule has 34 heavy (non-hydrogen) atoms. The molecule has 5 nitrogen and oxygen atoms in total. The number of carbonyl (C=O) groups excluding carboxylic acids is 2. The second kappa shape index (κ2) is 10.6.